The number of rotatable bonds is 3. The van der Waals surface area contributed by atoms with Gasteiger partial charge in [0.05, 0.1) is 16.4 Å². The van der Waals surface area contributed by atoms with Crippen molar-refractivity contribution >= 4 is 16.4 Å². The van der Waals surface area contributed by atoms with Gasteiger partial charge in [0, 0.05) is 5.25 Å². The second-order valence-electron chi connectivity index (χ2n) is 4.69. The summed E-state index contributed by atoms with van der Waals surface area (Å²) in [6.07, 6.45) is 4.08. The first-order valence-corrected chi connectivity index (χ1v) is 7.40. The van der Waals surface area contributed by atoms with E-state index in [9.17, 15) is 17.8 Å². The summed E-state index contributed by atoms with van der Waals surface area (Å²) in [7, 11) is -4.14. The molecule has 0 spiro atoms. The predicted octanol–water partition coefficient (Wildman–Crippen LogP) is -4.45. The van der Waals surface area contributed by atoms with Crippen LogP contribution in [0.25, 0.3) is 0 Å². The third kappa shape index (κ3) is 6.30. The maximum Gasteiger partial charge on any atom is 1.00 e. The van der Waals surface area contributed by atoms with Gasteiger partial charge in [0.25, 0.3) is 0 Å². The smallest absolute Gasteiger partial charge is 0.870 e. The minimum Gasteiger partial charge on any atom is -0.870 e. The number of hydrogen-bond donors (Lipinski definition) is 0. The Kier molecular flexibility index (Phi) is 10.9. The van der Waals surface area contributed by atoms with E-state index in [1.54, 1.807) is 12.1 Å². The molecule has 1 aliphatic rings. The van der Waals surface area contributed by atoms with Crippen molar-refractivity contribution in [1.82, 2.24) is 0 Å². The van der Waals surface area contributed by atoms with Crippen LogP contribution in [-0.2, 0) is 14.9 Å². The quantitative estimate of drug-likeness (QED) is 0.318. The SMILES string of the molecule is O=[C-]c1ccc(C2CCC(S(=O)(=O)[O-])CC2)cc1.[Li+].[Li+].[OH-]. The average molecular weight is 297 g/mol. The molecule has 0 atom stereocenters. The van der Waals surface area contributed by atoms with Gasteiger partial charge >= 0.3 is 37.7 Å². The summed E-state index contributed by atoms with van der Waals surface area (Å²) < 4.78 is 32.7. The first kappa shape index (κ1) is 23.2. The monoisotopic (exact) mass is 297 g/mol. The zero-order valence-corrected chi connectivity index (χ0v) is 13.1. The minimum atomic E-state index is -4.14. The van der Waals surface area contributed by atoms with Crippen LogP contribution in [0.3, 0.4) is 0 Å². The normalized spacial score (nSPS) is 21.2. The summed E-state index contributed by atoms with van der Waals surface area (Å²) in [5.74, 6) is 0.281. The molecular formula is C13H15Li2O5S-. The van der Waals surface area contributed by atoms with E-state index >= 15 is 0 Å². The zero-order chi connectivity index (χ0) is 13.2. The predicted molar refractivity (Wildman–Crippen MR) is 67.9 cm³/mol. The molecule has 8 heteroatoms. The van der Waals surface area contributed by atoms with Crippen molar-refractivity contribution in [3.05, 3.63) is 35.4 Å². The van der Waals surface area contributed by atoms with E-state index in [2.05, 4.69) is 0 Å². The van der Waals surface area contributed by atoms with Crippen molar-refractivity contribution in [1.29, 1.82) is 0 Å². The Balaban J connectivity index is 0. The van der Waals surface area contributed by atoms with Gasteiger partial charge in [-0.1, -0.05) is 5.56 Å². The van der Waals surface area contributed by atoms with Crippen LogP contribution in [0.15, 0.2) is 24.3 Å². The third-order valence-corrected chi connectivity index (χ3v) is 4.87. The summed E-state index contributed by atoms with van der Waals surface area (Å²) in [6, 6.07) is 7.16. The fourth-order valence-corrected chi connectivity index (χ4v) is 3.36. The van der Waals surface area contributed by atoms with Crippen LogP contribution in [0, 0.1) is 0 Å². The summed E-state index contributed by atoms with van der Waals surface area (Å²) in [4.78, 5) is 10.4. The van der Waals surface area contributed by atoms with Crippen LogP contribution in [0.1, 0.15) is 42.7 Å². The standard InChI is InChI=1S/C13H15O4S.2Li.H2O/c14-9-10-1-3-11(4-2-10)12-5-7-13(8-6-12)18(15,16)17;;;/h1-4,12-13H,5-8H2,(H,15,16,17);;;1H2/q-1;2*+1;/p-2. The van der Waals surface area contributed by atoms with Crippen LogP contribution in [-0.4, -0.2) is 30.0 Å². The van der Waals surface area contributed by atoms with Gasteiger partial charge in [-0.05, 0) is 31.6 Å². The molecule has 0 saturated heterocycles. The van der Waals surface area contributed by atoms with Gasteiger partial charge in [-0.3, -0.25) is 0 Å². The Morgan fingerprint density at radius 3 is 1.86 bits per heavy atom. The summed E-state index contributed by atoms with van der Waals surface area (Å²) in [6.45, 7) is 0. The van der Waals surface area contributed by atoms with Gasteiger partial charge in [-0.25, -0.2) is 8.42 Å². The molecule has 0 heterocycles. The fourth-order valence-electron chi connectivity index (χ4n) is 2.51. The average Bonchev–Trinajstić information content (AvgIpc) is 2.38. The van der Waals surface area contributed by atoms with E-state index in [0.29, 0.717) is 31.2 Å². The molecule has 1 aliphatic carbocycles. The molecule has 0 aromatic heterocycles. The van der Waals surface area contributed by atoms with Crippen LogP contribution in [0.4, 0.5) is 0 Å². The van der Waals surface area contributed by atoms with E-state index in [0.717, 1.165) is 5.56 Å². The van der Waals surface area contributed by atoms with Gasteiger partial charge in [0.2, 0.25) is 0 Å². The number of benzene rings is 1. The molecule has 0 amide bonds. The largest absolute Gasteiger partial charge is 1.00 e. The van der Waals surface area contributed by atoms with Crippen LogP contribution < -0.4 is 37.7 Å². The Hall–Kier alpha value is -0.0452. The summed E-state index contributed by atoms with van der Waals surface area (Å²) in [5, 5.41) is -0.726. The van der Waals surface area contributed by atoms with Crippen LogP contribution in [0.2, 0.25) is 0 Å². The van der Waals surface area contributed by atoms with Crippen molar-refractivity contribution in [2.24, 2.45) is 0 Å². The molecule has 1 aromatic carbocycles. The fraction of sp³-hybridized carbons (Fsp3) is 0.462. The zero-order valence-electron chi connectivity index (χ0n) is 12.3. The maximum absolute atomic E-state index is 10.9. The molecule has 21 heavy (non-hydrogen) atoms. The minimum absolute atomic E-state index is 0. The van der Waals surface area contributed by atoms with Gasteiger partial charge in [-0.15, -0.1) is 12.1 Å². The van der Waals surface area contributed by atoms with Gasteiger partial charge in [-0.2, -0.15) is 17.7 Å². The molecule has 1 saturated carbocycles. The van der Waals surface area contributed by atoms with Gasteiger partial charge < -0.3 is 14.8 Å². The first-order chi connectivity index (χ1) is 8.50. The summed E-state index contributed by atoms with van der Waals surface area (Å²) in [5.41, 5.74) is 1.60. The van der Waals surface area contributed by atoms with E-state index in [4.69, 9.17) is 0 Å². The maximum atomic E-state index is 10.9. The second kappa shape index (κ2) is 9.87. The van der Waals surface area contributed by atoms with E-state index in [1.165, 1.54) is 0 Å². The van der Waals surface area contributed by atoms with Crippen LogP contribution in [0.5, 0.6) is 0 Å². The topological polar surface area (TPSA) is 104 Å². The van der Waals surface area contributed by atoms with E-state index in [-0.39, 0.29) is 49.1 Å². The molecule has 0 aliphatic heterocycles. The Morgan fingerprint density at radius 2 is 1.48 bits per heavy atom. The van der Waals surface area contributed by atoms with Crippen molar-refractivity contribution < 1.29 is 61.0 Å². The first-order valence-electron chi connectivity index (χ1n) is 5.93. The molecule has 0 bridgehead atoms. The van der Waals surface area contributed by atoms with Gasteiger partial charge in [0.1, 0.15) is 0 Å². The molecule has 1 aromatic rings. The van der Waals surface area contributed by atoms with Crippen molar-refractivity contribution in [2.75, 3.05) is 0 Å². The van der Waals surface area contributed by atoms with Crippen molar-refractivity contribution in [3.8, 4) is 0 Å². The molecule has 1 N–H and O–H groups in total. The molecule has 0 unspecified atom stereocenters. The molecule has 2 rings (SSSR count). The summed E-state index contributed by atoms with van der Waals surface area (Å²) >= 11 is 0. The van der Waals surface area contributed by atoms with Crippen molar-refractivity contribution in [3.63, 3.8) is 0 Å². The molecule has 106 valence electrons. The molecule has 0 radical (unpaired) electrons. The Morgan fingerprint density at radius 1 is 1.00 bits per heavy atom. The molecule has 5 nitrogen and oxygen atoms in total. The van der Waals surface area contributed by atoms with E-state index < -0.39 is 15.4 Å². The van der Waals surface area contributed by atoms with E-state index in [1.807, 2.05) is 18.4 Å². The van der Waals surface area contributed by atoms with Gasteiger partial charge in [0.15, 0.2) is 0 Å². The molecule has 1 fully saturated rings. The van der Waals surface area contributed by atoms with Crippen molar-refractivity contribution in [2.45, 2.75) is 36.9 Å². The number of carbonyl (C=O) groups excluding carboxylic acids is 1. The Bertz CT molecular complexity index is 522. The second-order valence-corrected chi connectivity index (χ2v) is 6.34. The van der Waals surface area contributed by atoms with Crippen LogP contribution >= 0.6 is 0 Å². The third-order valence-electron chi connectivity index (χ3n) is 3.58. The molecular weight excluding hydrogens is 282 g/mol. The Labute approximate surface area is 149 Å². The number of hydrogen-bond acceptors (Lipinski definition) is 5.